The van der Waals surface area contributed by atoms with Crippen LogP contribution in [-0.2, 0) is 4.74 Å². The van der Waals surface area contributed by atoms with Gasteiger partial charge in [0, 0.05) is 5.92 Å². The molecule has 0 aromatic heterocycles. The molecule has 152 valence electrons. The lowest BCUT2D eigenvalue weighted by Gasteiger charge is -2.40. The minimum Gasteiger partial charge on any atom is -0.491 e. The topological polar surface area (TPSA) is 18.5 Å². The highest BCUT2D eigenvalue weighted by atomic mass is 35.5. The molecule has 0 unspecified atom stereocenters. The van der Waals surface area contributed by atoms with Gasteiger partial charge in [0.1, 0.15) is 0 Å². The Kier molecular flexibility index (Phi) is 7.38. The highest BCUT2D eigenvalue weighted by Crippen LogP contribution is 2.41. The Balaban J connectivity index is 1.61. The van der Waals surface area contributed by atoms with E-state index in [-0.39, 0.29) is 23.1 Å². The third-order valence-corrected chi connectivity index (χ3v) is 6.65. The van der Waals surface area contributed by atoms with Gasteiger partial charge in [-0.2, -0.15) is 4.39 Å². The number of halogens is 3. The fraction of sp³-hybridized carbons (Fsp3) is 0.727. The smallest absolute Gasteiger partial charge is 0.200 e. The Morgan fingerprint density at radius 1 is 1.11 bits per heavy atom. The lowest BCUT2D eigenvalue weighted by molar-refractivity contribution is -0.0409. The van der Waals surface area contributed by atoms with Crippen molar-refractivity contribution in [1.29, 1.82) is 0 Å². The molecule has 5 heteroatoms. The normalized spacial score (nSPS) is 31.7. The molecule has 1 aromatic carbocycles. The van der Waals surface area contributed by atoms with E-state index in [2.05, 4.69) is 6.92 Å². The second-order valence-corrected chi connectivity index (χ2v) is 8.59. The largest absolute Gasteiger partial charge is 0.491 e. The first-order valence-electron chi connectivity index (χ1n) is 10.4. The molecule has 27 heavy (non-hydrogen) atoms. The zero-order valence-electron chi connectivity index (χ0n) is 16.4. The van der Waals surface area contributed by atoms with Gasteiger partial charge in [-0.25, -0.2) is 4.39 Å². The molecule has 0 amide bonds. The number of ether oxygens (including phenoxy) is 2. The highest BCUT2D eigenvalue weighted by molar-refractivity contribution is 6.21. The third-order valence-electron chi connectivity index (χ3n) is 6.23. The summed E-state index contributed by atoms with van der Waals surface area (Å²) in [5.74, 6) is -0.681. The summed E-state index contributed by atoms with van der Waals surface area (Å²) in [6.45, 7) is 4.68. The zero-order valence-corrected chi connectivity index (χ0v) is 17.1. The van der Waals surface area contributed by atoms with Crippen LogP contribution in [0.1, 0.15) is 70.3 Å². The summed E-state index contributed by atoms with van der Waals surface area (Å²) in [5, 5.41) is -0.162. The highest BCUT2D eigenvalue weighted by Gasteiger charge is 2.38. The van der Waals surface area contributed by atoms with Crippen molar-refractivity contribution in [2.45, 2.75) is 76.2 Å². The Bertz CT molecular complexity index is 617. The molecule has 2 nitrogen and oxygen atoms in total. The zero-order chi connectivity index (χ0) is 19.4. The fourth-order valence-electron chi connectivity index (χ4n) is 4.80. The molecule has 1 heterocycles. The van der Waals surface area contributed by atoms with Gasteiger partial charge in [-0.1, -0.05) is 38.7 Å². The van der Waals surface area contributed by atoms with E-state index in [0.717, 1.165) is 18.8 Å². The van der Waals surface area contributed by atoms with Crippen LogP contribution in [0.3, 0.4) is 0 Å². The summed E-state index contributed by atoms with van der Waals surface area (Å²) in [5.41, 5.74) is 0.340. The van der Waals surface area contributed by atoms with Gasteiger partial charge >= 0.3 is 0 Å². The van der Waals surface area contributed by atoms with E-state index in [4.69, 9.17) is 21.1 Å². The van der Waals surface area contributed by atoms with Crippen molar-refractivity contribution in [2.75, 3.05) is 13.2 Å². The van der Waals surface area contributed by atoms with Gasteiger partial charge in [-0.05, 0) is 49.7 Å². The average Bonchev–Trinajstić information content (AvgIpc) is 2.67. The lowest BCUT2D eigenvalue weighted by Crippen LogP contribution is -2.41. The standard InChI is InChI=1S/C22H31ClF2O2/c1-3-5-14-6-8-15(9-7-14)22-18(23)12-16(13-27-22)17-10-11-19(26-4-2)21(25)20(17)24/h10-11,14-16,18,22H,3-9,12-13H2,1-2H3/t14?,15?,16-,18+,22-/m1/s1. The van der Waals surface area contributed by atoms with Crippen LogP contribution >= 0.6 is 11.6 Å². The maximum Gasteiger partial charge on any atom is 0.200 e. The molecule has 2 aliphatic rings. The van der Waals surface area contributed by atoms with Crippen LogP contribution in [0.2, 0.25) is 0 Å². The predicted octanol–water partition coefficient (Wildman–Crippen LogP) is 6.45. The van der Waals surface area contributed by atoms with Gasteiger partial charge in [0.15, 0.2) is 11.6 Å². The first-order valence-corrected chi connectivity index (χ1v) is 10.8. The molecule has 1 aliphatic carbocycles. The summed E-state index contributed by atoms with van der Waals surface area (Å²) in [6, 6.07) is 3.11. The Morgan fingerprint density at radius 3 is 2.48 bits per heavy atom. The molecule has 2 fully saturated rings. The van der Waals surface area contributed by atoms with Gasteiger partial charge in [-0.3, -0.25) is 0 Å². The quantitative estimate of drug-likeness (QED) is 0.511. The van der Waals surface area contributed by atoms with Gasteiger partial charge in [0.05, 0.1) is 24.7 Å². The van der Waals surface area contributed by atoms with Gasteiger partial charge in [-0.15, -0.1) is 11.6 Å². The number of alkyl halides is 1. The molecule has 1 aromatic rings. The fourth-order valence-corrected chi connectivity index (χ4v) is 5.29. The Hall–Kier alpha value is -0.870. The second kappa shape index (κ2) is 9.56. The van der Waals surface area contributed by atoms with Gasteiger partial charge in [0.25, 0.3) is 0 Å². The average molecular weight is 401 g/mol. The van der Waals surface area contributed by atoms with Crippen molar-refractivity contribution in [2.24, 2.45) is 11.8 Å². The Labute approximate surface area is 166 Å². The monoisotopic (exact) mass is 400 g/mol. The van der Waals surface area contributed by atoms with E-state index in [1.165, 1.54) is 31.7 Å². The molecule has 0 spiro atoms. The summed E-state index contributed by atoms with van der Waals surface area (Å²) >= 11 is 6.67. The lowest BCUT2D eigenvalue weighted by atomic mass is 9.75. The maximum absolute atomic E-state index is 14.5. The van der Waals surface area contributed by atoms with Crippen LogP contribution < -0.4 is 4.74 Å². The second-order valence-electron chi connectivity index (χ2n) is 8.03. The minimum absolute atomic E-state index is 0.0288. The number of hydrogen-bond donors (Lipinski definition) is 0. The van der Waals surface area contributed by atoms with Crippen molar-refractivity contribution in [1.82, 2.24) is 0 Å². The third kappa shape index (κ3) is 4.76. The van der Waals surface area contributed by atoms with E-state index in [1.807, 2.05) is 0 Å². The van der Waals surface area contributed by atoms with Crippen molar-refractivity contribution >= 4 is 11.6 Å². The molecule has 3 atom stereocenters. The maximum atomic E-state index is 14.5. The van der Waals surface area contributed by atoms with Crippen LogP contribution in [0.4, 0.5) is 8.78 Å². The molecule has 3 rings (SSSR count). The molecule has 0 N–H and O–H groups in total. The molecule has 1 saturated heterocycles. The van der Waals surface area contributed by atoms with Crippen LogP contribution in [0.25, 0.3) is 0 Å². The van der Waals surface area contributed by atoms with E-state index in [9.17, 15) is 8.78 Å². The SMILES string of the molecule is CCCC1CCC([C@H]2OC[C@H](c3ccc(OCC)c(F)c3F)C[C@@H]2Cl)CC1. The van der Waals surface area contributed by atoms with E-state index in [0.29, 0.717) is 31.1 Å². The van der Waals surface area contributed by atoms with Crippen molar-refractivity contribution in [3.8, 4) is 5.75 Å². The van der Waals surface area contributed by atoms with Gasteiger partial charge < -0.3 is 9.47 Å². The van der Waals surface area contributed by atoms with Crippen molar-refractivity contribution in [3.63, 3.8) is 0 Å². The number of rotatable bonds is 6. The van der Waals surface area contributed by atoms with Crippen molar-refractivity contribution in [3.05, 3.63) is 29.3 Å². The van der Waals surface area contributed by atoms with Crippen molar-refractivity contribution < 1.29 is 18.3 Å². The molecule has 1 saturated carbocycles. The molecule has 0 radical (unpaired) electrons. The van der Waals surface area contributed by atoms with E-state index < -0.39 is 11.6 Å². The summed E-state index contributed by atoms with van der Waals surface area (Å²) < 4.78 is 39.9. The van der Waals surface area contributed by atoms with Crippen LogP contribution in [0.15, 0.2) is 12.1 Å². The number of benzene rings is 1. The first-order chi connectivity index (χ1) is 13.0. The minimum atomic E-state index is -0.920. The number of hydrogen-bond acceptors (Lipinski definition) is 2. The molecular weight excluding hydrogens is 370 g/mol. The molecule has 1 aliphatic heterocycles. The molecular formula is C22H31ClF2O2. The predicted molar refractivity (Wildman–Crippen MR) is 105 cm³/mol. The van der Waals surface area contributed by atoms with Crippen LogP contribution in [-0.4, -0.2) is 24.7 Å². The summed E-state index contributed by atoms with van der Waals surface area (Å²) in [7, 11) is 0. The first kappa shape index (κ1) is 20.9. The van der Waals surface area contributed by atoms with E-state index >= 15 is 0 Å². The Morgan fingerprint density at radius 2 is 1.85 bits per heavy atom. The van der Waals surface area contributed by atoms with Crippen LogP contribution in [0.5, 0.6) is 5.75 Å². The summed E-state index contributed by atoms with van der Waals surface area (Å²) in [4.78, 5) is 0. The molecule has 0 bridgehead atoms. The summed E-state index contributed by atoms with van der Waals surface area (Å²) in [6.07, 6.45) is 8.04. The van der Waals surface area contributed by atoms with Gasteiger partial charge in [0.2, 0.25) is 5.82 Å². The van der Waals surface area contributed by atoms with E-state index in [1.54, 1.807) is 13.0 Å². The van der Waals surface area contributed by atoms with Crippen LogP contribution in [0, 0.1) is 23.5 Å².